The van der Waals surface area contributed by atoms with Crippen molar-refractivity contribution in [3.05, 3.63) is 58.9 Å². The summed E-state index contributed by atoms with van der Waals surface area (Å²) in [6, 6.07) is 0. The Morgan fingerprint density at radius 1 is 1.42 bits per heavy atom. The Bertz CT molecular complexity index is 1040. The fourth-order valence-corrected chi connectivity index (χ4v) is 2.93. The molecular formula is C21H24N4O. The summed E-state index contributed by atoms with van der Waals surface area (Å²) >= 11 is 0. The van der Waals surface area contributed by atoms with Gasteiger partial charge in [-0.2, -0.15) is 5.10 Å². The lowest BCUT2D eigenvalue weighted by Crippen LogP contribution is -2.24. The molecule has 0 spiro atoms. The van der Waals surface area contributed by atoms with Crippen molar-refractivity contribution in [2.75, 3.05) is 0 Å². The molecule has 26 heavy (non-hydrogen) atoms. The van der Waals surface area contributed by atoms with Gasteiger partial charge in [-0.05, 0) is 25.8 Å². The summed E-state index contributed by atoms with van der Waals surface area (Å²) in [5.74, 6) is 0.710. The molecule has 5 nitrogen and oxygen atoms in total. The van der Waals surface area contributed by atoms with E-state index in [-0.39, 0.29) is 5.75 Å². The van der Waals surface area contributed by atoms with E-state index >= 15 is 0 Å². The summed E-state index contributed by atoms with van der Waals surface area (Å²) in [7, 11) is 1.81. The van der Waals surface area contributed by atoms with Crippen molar-refractivity contribution in [3.8, 4) is 17.3 Å². The molecule has 0 fully saturated rings. The Hall–Kier alpha value is -3.08. The minimum absolute atomic E-state index is 0.123. The molecule has 0 aromatic carbocycles. The fourth-order valence-electron chi connectivity index (χ4n) is 2.93. The van der Waals surface area contributed by atoms with Gasteiger partial charge in [-0.15, -0.1) is 0 Å². The molecule has 0 bridgehead atoms. The molecule has 1 aliphatic carbocycles. The molecule has 1 aliphatic rings. The first-order valence-electron chi connectivity index (χ1n) is 8.74. The molecule has 2 aromatic heterocycles. The molecule has 5 heteroatoms. The van der Waals surface area contributed by atoms with Crippen molar-refractivity contribution in [3.63, 3.8) is 0 Å². The van der Waals surface area contributed by atoms with Crippen LogP contribution in [0.15, 0.2) is 42.5 Å². The minimum Gasteiger partial charge on any atom is -0.504 e. The predicted octanol–water partition coefficient (Wildman–Crippen LogP) is 2.96. The summed E-state index contributed by atoms with van der Waals surface area (Å²) < 4.78 is 1.66. The molecule has 0 unspecified atom stereocenters. The standard InChI is InChI=1S/C21H24N4O/c1-5-10-16-17(13-14(2)3)23-21(22-16)19-20(26)18(24-25(19)4)15-11-8-6-7-9-12-15/h6,8-13,26H,2,5,7H2,1,3-4H3,(H,22,23)/b16-10+,17-13+. The zero-order valence-electron chi connectivity index (χ0n) is 15.5. The van der Waals surface area contributed by atoms with E-state index in [0.29, 0.717) is 17.2 Å². The number of nitrogens with one attached hydrogen (secondary N) is 1. The number of allylic oxidation sites excluding steroid dienone is 7. The third-order valence-electron chi connectivity index (χ3n) is 4.05. The molecular weight excluding hydrogens is 324 g/mol. The van der Waals surface area contributed by atoms with E-state index < -0.39 is 0 Å². The molecule has 2 heterocycles. The van der Waals surface area contributed by atoms with Gasteiger partial charge >= 0.3 is 0 Å². The van der Waals surface area contributed by atoms with Gasteiger partial charge in [0.1, 0.15) is 11.4 Å². The van der Waals surface area contributed by atoms with E-state index in [1.165, 1.54) is 0 Å². The lowest BCUT2D eigenvalue weighted by atomic mass is 10.1. The summed E-state index contributed by atoms with van der Waals surface area (Å²) in [4.78, 5) is 7.96. The highest BCUT2D eigenvalue weighted by Crippen LogP contribution is 2.34. The van der Waals surface area contributed by atoms with Gasteiger partial charge in [0.05, 0.1) is 10.7 Å². The third-order valence-corrected chi connectivity index (χ3v) is 4.05. The second kappa shape index (κ2) is 7.44. The molecule has 3 rings (SSSR count). The summed E-state index contributed by atoms with van der Waals surface area (Å²) in [5.41, 5.74) is 2.92. The second-order valence-electron chi connectivity index (χ2n) is 6.35. The molecule has 2 N–H and O–H groups in total. The number of aromatic amines is 1. The van der Waals surface area contributed by atoms with Crippen LogP contribution in [0.3, 0.4) is 0 Å². The average Bonchev–Trinajstić information content (AvgIpc) is 2.96. The minimum atomic E-state index is 0.123. The van der Waals surface area contributed by atoms with E-state index in [0.717, 1.165) is 34.7 Å². The number of hydrogen-bond donors (Lipinski definition) is 2. The largest absolute Gasteiger partial charge is 0.504 e. The quantitative estimate of drug-likeness (QED) is 0.893. The number of aromatic hydroxyl groups is 1. The van der Waals surface area contributed by atoms with Gasteiger partial charge in [0.25, 0.3) is 0 Å². The highest BCUT2D eigenvalue weighted by atomic mass is 16.3. The van der Waals surface area contributed by atoms with Gasteiger partial charge in [-0.25, -0.2) is 4.98 Å². The van der Waals surface area contributed by atoms with E-state index in [2.05, 4.69) is 34.6 Å². The Morgan fingerprint density at radius 3 is 2.96 bits per heavy atom. The number of H-pyrrole nitrogens is 1. The van der Waals surface area contributed by atoms with Crippen LogP contribution < -0.4 is 10.7 Å². The predicted molar refractivity (Wildman–Crippen MR) is 107 cm³/mol. The van der Waals surface area contributed by atoms with Crippen LogP contribution in [-0.2, 0) is 7.05 Å². The van der Waals surface area contributed by atoms with Crippen LogP contribution in [0.5, 0.6) is 5.75 Å². The van der Waals surface area contributed by atoms with Crippen molar-refractivity contribution >= 4 is 17.7 Å². The molecule has 134 valence electrons. The third kappa shape index (κ3) is 3.47. The number of nitrogens with zero attached hydrogens (tertiary/aromatic N) is 3. The monoisotopic (exact) mass is 348 g/mol. The normalized spacial score (nSPS) is 15.4. The van der Waals surface area contributed by atoms with Gasteiger partial charge in [-0.1, -0.05) is 55.5 Å². The number of aromatic nitrogens is 4. The number of rotatable bonds is 4. The average molecular weight is 348 g/mol. The second-order valence-corrected chi connectivity index (χ2v) is 6.35. The maximum atomic E-state index is 10.8. The van der Waals surface area contributed by atoms with E-state index in [4.69, 9.17) is 0 Å². The zero-order valence-corrected chi connectivity index (χ0v) is 15.5. The SMILES string of the molecule is C=C(C)/C=c1/[nH]c(-c2c(O)c(C3=CC=CCC=C3)nn2C)n/c1=C/CC. The van der Waals surface area contributed by atoms with Crippen LogP contribution >= 0.6 is 0 Å². The Labute approximate surface area is 153 Å². The lowest BCUT2D eigenvalue weighted by molar-refractivity contribution is 0.475. The van der Waals surface area contributed by atoms with E-state index in [9.17, 15) is 5.11 Å². The van der Waals surface area contributed by atoms with Crippen LogP contribution in [0.1, 0.15) is 32.4 Å². The van der Waals surface area contributed by atoms with E-state index in [1.807, 2.05) is 50.4 Å². The number of hydrogen-bond acceptors (Lipinski definition) is 3. The fraction of sp³-hybridized carbons (Fsp3) is 0.238. The number of imidazole rings is 1. The van der Waals surface area contributed by atoms with Crippen molar-refractivity contribution < 1.29 is 5.11 Å². The first-order chi connectivity index (χ1) is 12.5. The van der Waals surface area contributed by atoms with Gasteiger partial charge in [0, 0.05) is 12.6 Å². The maximum Gasteiger partial charge on any atom is 0.173 e. The van der Waals surface area contributed by atoms with Gasteiger partial charge in [0.2, 0.25) is 0 Å². The van der Waals surface area contributed by atoms with E-state index in [1.54, 1.807) is 4.68 Å². The van der Waals surface area contributed by atoms with Crippen molar-refractivity contribution in [1.29, 1.82) is 0 Å². The lowest BCUT2D eigenvalue weighted by Gasteiger charge is -1.98. The first kappa shape index (κ1) is 17.7. The Balaban J connectivity index is 2.17. The van der Waals surface area contributed by atoms with Gasteiger partial charge in [-0.3, -0.25) is 4.68 Å². The van der Waals surface area contributed by atoms with Crippen LogP contribution in [0.2, 0.25) is 0 Å². The highest BCUT2D eigenvalue weighted by molar-refractivity contribution is 5.81. The molecule has 0 amide bonds. The van der Waals surface area contributed by atoms with Gasteiger partial charge in [0.15, 0.2) is 11.6 Å². The van der Waals surface area contributed by atoms with Gasteiger partial charge < -0.3 is 10.1 Å². The zero-order chi connectivity index (χ0) is 18.7. The maximum absolute atomic E-state index is 10.8. The number of aryl methyl sites for hydroxylation is 1. The molecule has 0 saturated carbocycles. The summed E-state index contributed by atoms with van der Waals surface area (Å²) in [6.07, 6.45) is 15.7. The van der Waals surface area contributed by atoms with Crippen LogP contribution in [0, 0.1) is 0 Å². The molecule has 0 radical (unpaired) electrons. The highest BCUT2D eigenvalue weighted by Gasteiger charge is 2.21. The Morgan fingerprint density at radius 2 is 2.23 bits per heavy atom. The van der Waals surface area contributed by atoms with Crippen LogP contribution in [-0.4, -0.2) is 24.9 Å². The van der Waals surface area contributed by atoms with Crippen molar-refractivity contribution in [2.24, 2.45) is 7.05 Å². The van der Waals surface area contributed by atoms with Crippen molar-refractivity contribution in [1.82, 2.24) is 19.7 Å². The van der Waals surface area contributed by atoms with Crippen LogP contribution in [0.25, 0.3) is 29.2 Å². The summed E-state index contributed by atoms with van der Waals surface area (Å²) in [5, 5.41) is 17.1. The topological polar surface area (TPSA) is 66.7 Å². The van der Waals surface area contributed by atoms with Crippen LogP contribution in [0.4, 0.5) is 0 Å². The molecule has 2 aromatic rings. The summed E-state index contributed by atoms with van der Waals surface area (Å²) in [6.45, 7) is 7.94. The smallest absolute Gasteiger partial charge is 0.173 e. The van der Waals surface area contributed by atoms with Crippen molar-refractivity contribution in [2.45, 2.75) is 26.7 Å². The first-order valence-corrected chi connectivity index (χ1v) is 8.74. The molecule has 0 saturated heterocycles. The Kier molecular flexibility index (Phi) is 5.07. The molecule has 0 atom stereocenters. The molecule has 0 aliphatic heterocycles.